The van der Waals surface area contributed by atoms with Crippen LogP contribution in [0.15, 0.2) is 72.8 Å². The Hall–Kier alpha value is -3.23. The van der Waals surface area contributed by atoms with Gasteiger partial charge < -0.3 is 15.5 Å². The Morgan fingerprint density at radius 2 is 1.62 bits per heavy atom. The van der Waals surface area contributed by atoms with Crippen molar-refractivity contribution in [3.8, 4) is 16.9 Å². The molecule has 0 aliphatic carbocycles. The fraction of sp³-hybridized carbons (Fsp3) is 0.179. The molecule has 1 heterocycles. The Bertz CT molecular complexity index is 1490. The van der Waals surface area contributed by atoms with E-state index >= 15 is 0 Å². The smallest absolute Gasteiger partial charge is 0.315 e. The van der Waals surface area contributed by atoms with E-state index in [1.807, 2.05) is 44.2 Å². The van der Waals surface area contributed by atoms with Crippen LogP contribution in [0, 0.1) is 5.92 Å². The van der Waals surface area contributed by atoms with Gasteiger partial charge in [-0.2, -0.15) is 5.10 Å². The van der Waals surface area contributed by atoms with Crippen LogP contribution in [-0.4, -0.2) is 39.7 Å². The summed E-state index contributed by atoms with van der Waals surface area (Å²) in [6.07, 6.45) is 0. The third-order valence-corrected chi connectivity index (χ3v) is 6.86. The first-order valence-electron chi connectivity index (χ1n) is 12.0. The van der Waals surface area contributed by atoms with Gasteiger partial charge in [0.05, 0.1) is 32.1 Å². The van der Waals surface area contributed by atoms with E-state index in [-0.39, 0.29) is 12.5 Å². The van der Waals surface area contributed by atoms with Crippen molar-refractivity contribution >= 4 is 69.8 Å². The fourth-order valence-corrected chi connectivity index (χ4v) is 4.58. The summed E-state index contributed by atoms with van der Waals surface area (Å²) in [5, 5.41) is 11.8. The van der Waals surface area contributed by atoms with Crippen LogP contribution in [0.4, 0.5) is 16.3 Å². The fourth-order valence-electron chi connectivity index (χ4n) is 3.83. The molecule has 11 heteroatoms. The number of rotatable bonds is 8. The van der Waals surface area contributed by atoms with Crippen molar-refractivity contribution in [1.29, 1.82) is 0 Å². The second kappa shape index (κ2) is 12.7. The number of nitrogens with zero attached hydrogens (tertiary/aromatic N) is 3. The Kier molecular flexibility index (Phi) is 9.40. The first-order valence-corrected chi connectivity index (χ1v) is 13.5. The van der Waals surface area contributed by atoms with E-state index in [1.54, 1.807) is 41.1 Å². The minimum absolute atomic E-state index is 0.107. The number of urea groups is 1. The summed E-state index contributed by atoms with van der Waals surface area (Å²) in [5.74, 6) is 0.104. The van der Waals surface area contributed by atoms with Crippen molar-refractivity contribution in [3.63, 3.8) is 0 Å². The van der Waals surface area contributed by atoms with Gasteiger partial charge in [-0.15, -0.1) is 0 Å². The molecule has 0 aliphatic heterocycles. The Balaban J connectivity index is 1.59. The van der Waals surface area contributed by atoms with Crippen molar-refractivity contribution in [2.75, 3.05) is 23.7 Å². The Morgan fingerprint density at radius 3 is 2.28 bits per heavy atom. The number of hydrogen-bond acceptors (Lipinski definition) is 3. The lowest BCUT2D eigenvalue weighted by atomic mass is 10.1. The summed E-state index contributed by atoms with van der Waals surface area (Å²) in [7, 11) is 0. The zero-order valence-electron chi connectivity index (χ0n) is 21.1. The molecule has 0 radical (unpaired) electrons. The van der Waals surface area contributed by atoms with Crippen molar-refractivity contribution in [2.24, 2.45) is 5.92 Å². The van der Waals surface area contributed by atoms with Gasteiger partial charge in [-0.1, -0.05) is 90.6 Å². The summed E-state index contributed by atoms with van der Waals surface area (Å²) in [6, 6.07) is 20.7. The lowest BCUT2D eigenvalue weighted by Crippen LogP contribution is -2.42. The van der Waals surface area contributed by atoms with Gasteiger partial charge in [0.25, 0.3) is 0 Å². The number of aromatic nitrogens is 2. The van der Waals surface area contributed by atoms with Crippen LogP contribution in [0.3, 0.4) is 0 Å². The average molecular weight is 605 g/mol. The predicted molar refractivity (Wildman–Crippen MR) is 160 cm³/mol. The highest BCUT2D eigenvalue weighted by Gasteiger charge is 2.21. The average Bonchev–Trinajstić information content (AvgIpc) is 3.30. The first kappa shape index (κ1) is 28.8. The minimum atomic E-state index is -0.467. The molecule has 39 heavy (non-hydrogen) atoms. The topological polar surface area (TPSA) is 79.3 Å². The summed E-state index contributed by atoms with van der Waals surface area (Å²) in [6.45, 7) is 4.05. The van der Waals surface area contributed by atoms with Crippen LogP contribution >= 0.6 is 46.4 Å². The lowest BCUT2D eigenvalue weighted by Gasteiger charge is -2.24. The molecule has 3 aromatic carbocycles. The molecule has 0 saturated heterocycles. The minimum Gasteiger partial charge on any atom is -0.315 e. The van der Waals surface area contributed by atoms with Crippen LogP contribution in [0.5, 0.6) is 0 Å². The second-order valence-corrected chi connectivity index (χ2v) is 10.8. The van der Waals surface area contributed by atoms with Gasteiger partial charge in [-0.3, -0.25) is 4.79 Å². The summed E-state index contributed by atoms with van der Waals surface area (Å²) >= 11 is 24.5. The largest absolute Gasteiger partial charge is 0.322 e. The van der Waals surface area contributed by atoms with E-state index in [0.717, 1.165) is 5.56 Å². The number of benzene rings is 3. The molecule has 4 rings (SSSR count). The van der Waals surface area contributed by atoms with Crippen LogP contribution in [0.25, 0.3) is 16.9 Å². The highest BCUT2D eigenvalue weighted by Crippen LogP contribution is 2.29. The van der Waals surface area contributed by atoms with E-state index in [0.29, 0.717) is 49.5 Å². The van der Waals surface area contributed by atoms with Gasteiger partial charge in [0, 0.05) is 23.2 Å². The Morgan fingerprint density at radius 1 is 0.872 bits per heavy atom. The van der Waals surface area contributed by atoms with Crippen molar-refractivity contribution in [1.82, 2.24) is 14.7 Å². The zero-order chi connectivity index (χ0) is 28.1. The first-order chi connectivity index (χ1) is 18.6. The molecular formula is C28H25Cl4N5O2. The Labute approximate surface area is 246 Å². The maximum atomic E-state index is 13.3. The number of carbonyl (C=O) groups excluding carboxylic acids is 2. The van der Waals surface area contributed by atoms with Gasteiger partial charge in [0.1, 0.15) is 12.4 Å². The number of hydrogen-bond donors (Lipinski definition) is 2. The van der Waals surface area contributed by atoms with Crippen LogP contribution in [0.1, 0.15) is 13.8 Å². The number of anilines is 2. The van der Waals surface area contributed by atoms with Crippen molar-refractivity contribution in [2.45, 2.75) is 13.8 Å². The van der Waals surface area contributed by atoms with Gasteiger partial charge in [0.2, 0.25) is 5.91 Å². The van der Waals surface area contributed by atoms with E-state index in [1.165, 1.54) is 11.0 Å². The van der Waals surface area contributed by atoms with E-state index in [2.05, 4.69) is 10.6 Å². The zero-order valence-corrected chi connectivity index (χ0v) is 24.1. The molecule has 4 aromatic rings. The molecule has 0 atom stereocenters. The maximum absolute atomic E-state index is 13.3. The molecule has 1 aromatic heterocycles. The number of amides is 3. The summed E-state index contributed by atoms with van der Waals surface area (Å²) in [4.78, 5) is 27.8. The van der Waals surface area contributed by atoms with Gasteiger partial charge in [-0.05, 0) is 42.3 Å². The van der Waals surface area contributed by atoms with Gasteiger partial charge in [-0.25, -0.2) is 9.48 Å². The van der Waals surface area contributed by atoms with Gasteiger partial charge >= 0.3 is 6.03 Å². The maximum Gasteiger partial charge on any atom is 0.322 e. The highest BCUT2D eigenvalue weighted by atomic mass is 35.5. The van der Waals surface area contributed by atoms with Crippen molar-refractivity contribution in [3.05, 3.63) is 92.9 Å². The standard InChI is InChI=1S/C28H25Cl4N5O2/c1-17(2)15-36(28(39)33-24-11-8-19(29)12-23(24)32)16-27(38)34-26-14-25(18-6-4-3-5-7-18)35-37(26)20-9-10-21(30)22(31)13-20/h3-14,17H,15-16H2,1-2H3,(H,33,39)(H,34,38). The number of carbonyl (C=O) groups is 2. The molecule has 3 amide bonds. The lowest BCUT2D eigenvalue weighted by molar-refractivity contribution is -0.116. The number of halogens is 4. The third-order valence-electron chi connectivity index (χ3n) is 5.57. The quantitative estimate of drug-likeness (QED) is 0.212. The molecule has 7 nitrogen and oxygen atoms in total. The molecule has 202 valence electrons. The van der Waals surface area contributed by atoms with E-state index in [4.69, 9.17) is 51.5 Å². The number of nitrogens with one attached hydrogen (secondary N) is 2. The summed E-state index contributed by atoms with van der Waals surface area (Å²) < 4.78 is 1.57. The molecule has 0 saturated carbocycles. The molecule has 2 N–H and O–H groups in total. The highest BCUT2D eigenvalue weighted by molar-refractivity contribution is 6.42. The van der Waals surface area contributed by atoms with Crippen LogP contribution < -0.4 is 10.6 Å². The van der Waals surface area contributed by atoms with Crippen molar-refractivity contribution < 1.29 is 9.59 Å². The third kappa shape index (κ3) is 7.46. The van der Waals surface area contributed by atoms with Crippen LogP contribution in [0.2, 0.25) is 20.1 Å². The van der Waals surface area contributed by atoms with Crippen LogP contribution in [-0.2, 0) is 4.79 Å². The summed E-state index contributed by atoms with van der Waals surface area (Å²) in [5.41, 5.74) is 2.51. The molecule has 0 bridgehead atoms. The molecular weight excluding hydrogens is 580 g/mol. The predicted octanol–water partition coefficient (Wildman–Crippen LogP) is 8.28. The van der Waals surface area contributed by atoms with E-state index < -0.39 is 11.9 Å². The molecule has 0 unspecified atom stereocenters. The molecule has 0 spiro atoms. The second-order valence-electron chi connectivity index (χ2n) is 9.17. The molecule has 0 aliphatic rings. The SMILES string of the molecule is CC(C)CN(CC(=O)Nc1cc(-c2ccccc2)nn1-c1ccc(Cl)c(Cl)c1)C(=O)Nc1ccc(Cl)cc1Cl. The monoisotopic (exact) mass is 603 g/mol. The molecule has 0 fully saturated rings. The normalized spacial score (nSPS) is 10.9. The van der Waals surface area contributed by atoms with E-state index in [9.17, 15) is 9.59 Å². The van der Waals surface area contributed by atoms with Gasteiger partial charge in [0.15, 0.2) is 0 Å².